The Bertz CT molecular complexity index is 824. The van der Waals surface area contributed by atoms with Crippen LogP contribution in [0.25, 0.3) is 0 Å². The molecule has 1 N–H and O–H groups in total. The van der Waals surface area contributed by atoms with Gasteiger partial charge in [0.2, 0.25) is 5.91 Å². The van der Waals surface area contributed by atoms with Gasteiger partial charge in [-0.05, 0) is 29.8 Å². The van der Waals surface area contributed by atoms with Crippen molar-refractivity contribution in [1.29, 1.82) is 0 Å². The van der Waals surface area contributed by atoms with E-state index in [1.165, 1.54) is 41.1 Å². The number of nitrogens with zero attached hydrogens (tertiary/aromatic N) is 2. The molecular weight excluding hydrogens is 337 g/mol. The number of rotatable bonds is 4. The van der Waals surface area contributed by atoms with E-state index in [-0.39, 0.29) is 18.9 Å². The van der Waals surface area contributed by atoms with Gasteiger partial charge in [0.05, 0.1) is 13.0 Å². The van der Waals surface area contributed by atoms with Crippen LogP contribution in [0.5, 0.6) is 0 Å². The van der Waals surface area contributed by atoms with Crippen molar-refractivity contribution in [2.45, 2.75) is 19.0 Å². The van der Waals surface area contributed by atoms with Gasteiger partial charge in [0.1, 0.15) is 11.9 Å². The van der Waals surface area contributed by atoms with Gasteiger partial charge in [-0.2, -0.15) is 0 Å². The van der Waals surface area contributed by atoms with E-state index >= 15 is 0 Å². The quantitative estimate of drug-likeness (QED) is 0.857. The minimum Gasteiger partial charge on any atom is -0.315 e. The van der Waals surface area contributed by atoms with Crippen LogP contribution in [-0.4, -0.2) is 40.7 Å². The average Bonchev–Trinajstić information content (AvgIpc) is 2.92. The van der Waals surface area contributed by atoms with Crippen LogP contribution in [0.4, 0.5) is 14.9 Å². The molecule has 1 saturated heterocycles. The van der Waals surface area contributed by atoms with E-state index < -0.39 is 23.8 Å². The Hall–Kier alpha value is -3.22. The molecule has 6 nitrogen and oxygen atoms in total. The fourth-order valence-corrected chi connectivity index (χ4v) is 2.79. The van der Waals surface area contributed by atoms with E-state index in [0.717, 1.165) is 5.56 Å². The number of benzene rings is 2. The fraction of sp³-hybridized carbons (Fsp3) is 0.211. The smallest absolute Gasteiger partial charge is 0.315 e. The summed E-state index contributed by atoms with van der Waals surface area (Å²) in [6.07, 6.45) is -0.0565. The van der Waals surface area contributed by atoms with E-state index in [4.69, 9.17) is 0 Å². The number of likely N-dealkylation sites (N-methyl/N-ethyl adjacent to an activating group) is 1. The minimum absolute atomic E-state index is 0.0565. The Balaban J connectivity index is 1.66. The average molecular weight is 355 g/mol. The minimum atomic E-state index is -0.855. The second-order valence-corrected chi connectivity index (χ2v) is 6.07. The molecule has 2 aromatic carbocycles. The van der Waals surface area contributed by atoms with Crippen LogP contribution in [-0.2, 0) is 16.1 Å². The Kier molecular flexibility index (Phi) is 4.97. The zero-order chi connectivity index (χ0) is 18.7. The first-order chi connectivity index (χ1) is 12.5. The summed E-state index contributed by atoms with van der Waals surface area (Å²) in [5, 5.41) is 2.58. The Labute approximate surface area is 150 Å². The number of anilines is 1. The maximum Gasteiger partial charge on any atom is 0.322 e. The fourth-order valence-electron chi connectivity index (χ4n) is 2.79. The lowest BCUT2D eigenvalue weighted by atomic mass is 10.2. The van der Waals surface area contributed by atoms with Gasteiger partial charge in [-0.1, -0.05) is 30.3 Å². The second-order valence-electron chi connectivity index (χ2n) is 6.07. The summed E-state index contributed by atoms with van der Waals surface area (Å²) in [4.78, 5) is 39.5. The molecular formula is C19H18FN3O3. The van der Waals surface area contributed by atoms with Gasteiger partial charge in [0.15, 0.2) is 0 Å². The molecule has 7 heteroatoms. The molecule has 0 spiro atoms. The molecule has 4 amide bonds. The third-order valence-electron chi connectivity index (χ3n) is 4.29. The van der Waals surface area contributed by atoms with Gasteiger partial charge in [0, 0.05) is 12.7 Å². The Morgan fingerprint density at radius 2 is 1.81 bits per heavy atom. The van der Waals surface area contributed by atoms with Crippen molar-refractivity contribution in [2.24, 2.45) is 0 Å². The van der Waals surface area contributed by atoms with Crippen molar-refractivity contribution in [3.05, 3.63) is 66.0 Å². The first-order valence-electron chi connectivity index (χ1n) is 8.13. The maximum absolute atomic E-state index is 12.9. The van der Waals surface area contributed by atoms with Gasteiger partial charge in [0.25, 0.3) is 5.91 Å². The lowest BCUT2D eigenvalue weighted by molar-refractivity contribution is -0.140. The summed E-state index contributed by atoms with van der Waals surface area (Å²) >= 11 is 0. The number of imide groups is 1. The lowest BCUT2D eigenvalue weighted by Gasteiger charge is -2.23. The van der Waals surface area contributed by atoms with Gasteiger partial charge in [-0.25, -0.2) is 9.18 Å². The van der Waals surface area contributed by atoms with Crippen molar-refractivity contribution < 1.29 is 18.8 Å². The SMILES string of the molecule is CN(C(=O)Nc1ccc(F)cc1)C1CC(=O)N(Cc2ccccc2)C1=O. The van der Waals surface area contributed by atoms with Gasteiger partial charge < -0.3 is 10.2 Å². The third kappa shape index (κ3) is 3.72. The monoisotopic (exact) mass is 355 g/mol. The molecule has 1 aliphatic rings. The number of amides is 4. The summed E-state index contributed by atoms with van der Waals surface area (Å²) in [5.41, 5.74) is 1.24. The van der Waals surface area contributed by atoms with Crippen molar-refractivity contribution >= 4 is 23.5 Å². The number of urea groups is 1. The van der Waals surface area contributed by atoms with E-state index in [2.05, 4.69) is 5.32 Å². The number of carbonyl (C=O) groups is 3. The highest BCUT2D eigenvalue weighted by Gasteiger charge is 2.42. The molecule has 0 radical (unpaired) electrons. The zero-order valence-electron chi connectivity index (χ0n) is 14.2. The molecule has 134 valence electrons. The normalized spacial score (nSPS) is 16.7. The Morgan fingerprint density at radius 3 is 2.46 bits per heavy atom. The van der Waals surface area contributed by atoms with E-state index in [0.29, 0.717) is 5.69 Å². The van der Waals surface area contributed by atoms with Crippen LogP contribution in [0.15, 0.2) is 54.6 Å². The molecule has 0 aromatic heterocycles. The highest BCUT2D eigenvalue weighted by molar-refractivity contribution is 6.07. The van der Waals surface area contributed by atoms with Gasteiger partial charge in [-0.15, -0.1) is 0 Å². The van der Waals surface area contributed by atoms with Crippen molar-refractivity contribution in [2.75, 3.05) is 12.4 Å². The molecule has 1 aliphatic heterocycles. The summed E-state index contributed by atoms with van der Waals surface area (Å²) in [6.45, 7) is 0.183. The zero-order valence-corrected chi connectivity index (χ0v) is 14.2. The second kappa shape index (κ2) is 7.35. The van der Waals surface area contributed by atoms with E-state index in [1.807, 2.05) is 30.3 Å². The summed E-state index contributed by atoms with van der Waals surface area (Å²) in [7, 11) is 1.46. The number of halogens is 1. The summed E-state index contributed by atoms with van der Waals surface area (Å²) in [6, 6.07) is 13.1. The molecule has 2 aromatic rings. The van der Waals surface area contributed by atoms with Crippen molar-refractivity contribution in [3.8, 4) is 0 Å². The van der Waals surface area contributed by atoms with Crippen LogP contribution in [0, 0.1) is 5.82 Å². The number of carbonyl (C=O) groups excluding carboxylic acids is 3. The Morgan fingerprint density at radius 1 is 1.15 bits per heavy atom. The topological polar surface area (TPSA) is 69.7 Å². The summed E-state index contributed by atoms with van der Waals surface area (Å²) in [5.74, 6) is -1.13. The molecule has 1 unspecified atom stereocenters. The van der Waals surface area contributed by atoms with Crippen LogP contribution in [0.2, 0.25) is 0 Å². The maximum atomic E-state index is 12.9. The summed E-state index contributed by atoms with van der Waals surface area (Å²) < 4.78 is 12.9. The first kappa shape index (κ1) is 17.6. The van der Waals surface area contributed by atoms with Crippen LogP contribution in [0.3, 0.4) is 0 Å². The van der Waals surface area contributed by atoms with Crippen LogP contribution in [0.1, 0.15) is 12.0 Å². The predicted molar refractivity (Wildman–Crippen MR) is 93.6 cm³/mol. The number of nitrogens with one attached hydrogen (secondary N) is 1. The molecule has 1 atom stereocenters. The molecule has 0 aliphatic carbocycles. The lowest BCUT2D eigenvalue weighted by Crippen LogP contribution is -2.44. The number of hydrogen-bond donors (Lipinski definition) is 1. The molecule has 1 fully saturated rings. The van der Waals surface area contributed by atoms with Crippen LogP contribution < -0.4 is 5.32 Å². The molecule has 0 bridgehead atoms. The van der Waals surface area contributed by atoms with Gasteiger partial charge >= 0.3 is 6.03 Å². The molecule has 3 rings (SSSR count). The highest BCUT2D eigenvalue weighted by atomic mass is 19.1. The molecule has 0 saturated carbocycles. The third-order valence-corrected chi connectivity index (χ3v) is 4.29. The molecule has 26 heavy (non-hydrogen) atoms. The van der Waals surface area contributed by atoms with Crippen LogP contribution >= 0.6 is 0 Å². The largest absolute Gasteiger partial charge is 0.322 e. The predicted octanol–water partition coefficient (Wildman–Crippen LogP) is 2.62. The van der Waals surface area contributed by atoms with Crippen molar-refractivity contribution in [1.82, 2.24) is 9.80 Å². The number of hydrogen-bond acceptors (Lipinski definition) is 3. The van der Waals surface area contributed by atoms with E-state index in [1.54, 1.807) is 0 Å². The van der Waals surface area contributed by atoms with Gasteiger partial charge in [-0.3, -0.25) is 14.5 Å². The first-order valence-corrected chi connectivity index (χ1v) is 8.13. The van der Waals surface area contributed by atoms with E-state index in [9.17, 15) is 18.8 Å². The highest BCUT2D eigenvalue weighted by Crippen LogP contribution is 2.21. The number of likely N-dealkylation sites (tertiary alicyclic amines) is 1. The molecule has 1 heterocycles. The van der Waals surface area contributed by atoms with Crippen molar-refractivity contribution in [3.63, 3.8) is 0 Å². The standard InChI is InChI=1S/C19H18FN3O3/c1-22(19(26)21-15-9-7-14(20)8-10-15)16-11-17(24)23(18(16)25)12-13-5-3-2-4-6-13/h2-10,16H,11-12H2,1H3,(H,21,26).